The van der Waals surface area contributed by atoms with Crippen LogP contribution in [0.2, 0.25) is 10.0 Å². The molecule has 1 N–H and O–H groups in total. The number of anilines is 1. The first kappa shape index (κ1) is 32.2. The van der Waals surface area contributed by atoms with Crippen LogP contribution in [0, 0.1) is 0 Å². The van der Waals surface area contributed by atoms with Gasteiger partial charge >= 0.3 is 0 Å². The van der Waals surface area contributed by atoms with E-state index in [-0.39, 0.29) is 35.2 Å². The van der Waals surface area contributed by atoms with E-state index in [9.17, 15) is 18.0 Å². The lowest BCUT2D eigenvalue weighted by Gasteiger charge is -2.35. The van der Waals surface area contributed by atoms with Crippen molar-refractivity contribution < 1.29 is 22.7 Å². The Labute approximate surface area is 252 Å². The Kier molecular flexibility index (Phi) is 10.7. The maximum atomic E-state index is 14.2. The van der Waals surface area contributed by atoms with Crippen molar-refractivity contribution in [1.29, 1.82) is 0 Å². The molecule has 3 rings (SSSR count). The predicted molar refractivity (Wildman–Crippen MR) is 163 cm³/mol. The Morgan fingerprint density at radius 1 is 0.976 bits per heavy atom. The minimum atomic E-state index is -4.22. The van der Waals surface area contributed by atoms with E-state index in [2.05, 4.69) is 5.32 Å². The molecule has 1 unspecified atom stereocenters. The second-order valence-corrected chi connectivity index (χ2v) is 13.1. The minimum absolute atomic E-state index is 0.00326. The zero-order chi connectivity index (χ0) is 30.4. The fourth-order valence-corrected chi connectivity index (χ4v) is 6.19. The maximum Gasteiger partial charge on any atom is 0.264 e. The van der Waals surface area contributed by atoms with Crippen molar-refractivity contribution in [1.82, 2.24) is 10.2 Å². The molecule has 0 aromatic heterocycles. The largest absolute Gasteiger partial charge is 0.495 e. The van der Waals surface area contributed by atoms with Crippen LogP contribution in [0.5, 0.6) is 5.75 Å². The van der Waals surface area contributed by atoms with E-state index in [4.69, 9.17) is 27.9 Å². The number of hydrogen-bond donors (Lipinski definition) is 1. The van der Waals surface area contributed by atoms with Gasteiger partial charge in [0.25, 0.3) is 10.0 Å². The number of halogens is 2. The first-order valence-electron chi connectivity index (χ1n) is 13.0. The second-order valence-electron chi connectivity index (χ2n) is 10.4. The molecular formula is C30H35Cl2N3O5S. The molecule has 0 heterocycles. The van der Waals surface area contributed by atoms with Gasteiger partial charge in [0.05, 0.1) is 17.7 Å². The summed E-state index contributed by atoms with van der Waals surface area (Å²) < 4.78 is 34.4. The summed E-state index contributed by atoms with van der Waals surface area (Å²) in [5.41, 5.74) is 0.182. The Morgan fingerprint density at radius 2 is 1.61 bits per heavy atom. The van der Waals surface area contributed by atoms with Gasteiger partial charge < -0.3 is 15.0 Å². The molecule has 3 aromatic carbocycles. The highest BCUT2D eigenvalue weighted by atomic mass is 35.5. The molecule has 0 aliphatic rings. The highest BCUT2D eigenvalue weighted by molar-refractivity contribution is 7.92. The number of para-hydroxylation sites is 2. The van der Waals surface area contributed by atoms with Gasteiger partial charge in [-0.15, -0.1) is 0 Å². The highest BCUT2D eigenvalue weighted by Crippen LogP contribution is 2.33. The monoisotopic (exact) mass is 619 g/mol. The summed E-state index contributed by atoms with van der Waals surface area (Å²) in [6.45, 7) is 6.68. The van der Waals surface area contributed by atoms with Gasteiger partial charge in [0, 0.05) is 22.1 Å². The number of methoxy groups -OCH3 is 1. The molecule has 41 heavy (non-hydrogen) atoms. The van der Waals surface area contributed by atoms with Gasteiger partial charge in [0.2, 0.25) is 11.8 Å². The van der Waals surface area contributed by atoms with Crippen LogP contribution in [-0.2, 0) is 26.2 Å². The van der Waals surface area contributed by atoms with Crippen molar-refractivity contribution in [2.45, 2.75) is 57.1 Å². The molecule has 11 heteroatoms. The molecule has 2 amide bonds. The van der Waals surface area contributed by atoms with Gasteiger partial charge in [-0.05, 0) is 69.2 Å². The molecule has 3 aromatic rings. The van der Waals surface area contributed by atoms with E-state index in [0.717, 1.165) is 4.31 Å². The second kappa shape index (κ2) is 13.6. The number of benzene rings is 3. The Bertz CT molecular complexity index is 1480. The van der Waals surface area contributed by atoms with Crippen molar-refractivity contribution in [3.05, 3.63) is 88.4 Å². The van der Waals surface area contributed by atoms with Crippen LogP contribution in [-0.4, -0.2) is 50.4 Å². The number of amides is 2. The lowest BCUT2D eigenvalue weighted by Crippen LogP contribution is -2.55. The molecule has 8 nitrogen and oxygen atoms in total. The first-order valence-corrected chi connectivity index (χ1v) is 15.2. The number of sulfonamides is 1. The molecule has 1 atom stereocenters. The zero-order valence-corrected chi connectivity index (χ0v) is 26.1. The standard InChI is InChI=1S/C30H35Cl2N3O5S/c1-6-25(29(37)33-30(2,3)4)34(19-21-16-17-22(31)18-24(21)32)28(36)20-35(26-14-10-11-15-27(26)40-5)41(38,39)23-12-8-7-9-13-23/h7-18,25H,6,19-20H2,1-5H3,(H,33,37). The van der Waals surface area contributed by atoms with Gasteiger partial charge in [-0.3, -0.25) is 13.9 Å². The van der Waals surface area contributed by atoms with Crippen LogP contribution < -0.4 is 14.4 Å². The lowest BCUT2D eigenvalue weighted by molar-refractivity contribution is -0.141. The number of rotatable bonds is 11. The van der Waals surface area contributed by atoms with E-state index < -0.39 is 34.1 Å². The van der Waals surface area contributed by atoms with Gasteiger partial charge in [-0.25, -0.2) is 8.42 Å². The average Bonchev–Trinajstić information content (AvgIpc) is 2.92. The van der Waals surface area contributed by atoms with Crippen LogP contribution >= 0.6 is 23.2 Å². The van der Waals surface area contributed by atoms with E-state index in [1.807, 2.05) is 20.8 Å². The number of nitrogens with one attached hydrogen (secondary N) is 1. The Hall–Kier alpha value is -3.27. The normalized spacial score (nSPS) is 12.4. The van der Waals surface area contributed by atoms with Gasteiger partial charge in [-0.1, -0.05) is 66.5 Å². The van der Waals surface area contributed by atoms with Gasteiger partial charge in [0.15, 0.2) is 0 Å². The van der Waals surface area contributed by atoms with E-state index >= 15 is 0 Å². The molecule has 0 saturated heterocycles. The van der Waals surface area contributed by atoms with Crippen molar-refractivity contribution in [2.75, 3.05) is 18.0 Å². The number of carbonyl (C=O) groups is 2. The lowest BCUT2D eigenvalue weighted by atomic mass is 10.1. The summed E-state index contributed by atoms with van der Waals surface area (Å²) in [5.74, 6) is -0.699. The maximum absolute atomic E-state index is 14.2. The van der Waals surface area contributed by atoms with E-state index in [1.165, 1.54) is 24.1 Å². The summed E-state index contributed by atoms with van der Waals surface area (Å²) in [4.78, 5) is 29.0. The molecular weight excluding hydrogens is 585 g/mol. The fraction of sp³-hybridized carbons (Fsp3) is 0.333. The van der Waals surface area contributed by atoms with Crippen LogP contribution in [0.15, 0.2) is 77.7 Å². The molecule has 0 fully saturated rings. The van der Waals surface area contributed by atoms with Crippen LogP contribution in [0.3, 0.4) is 0 Å². The summed E-state index contributed by atoms with van der Waals surface area (Å²) >= 11 is 12.5. The third-order valence-electron chi connectivity index (χ3n) is 6.20. The van der Waals surface area contributed by atoms with Crippen molar-refractivity contribution >= 4 is 50.7 Å². The number of nitrogens with zero attached hydrogens (tertiary/aromatic N) is 2. The highest BCUT2D eigenvalue weighted by Gasteiger charge is 2.35. The van der Waals surface area contributed by atoms with E-state index in [0.29, 0.717) is 15.6 Å². The summed E-state index contributed by atoms with van der Waals surface area (Å²) in [6.07, 6.45) is 0.277. The van der Waals surface area contributed by atoms with Gasteiger partial charge in [-0.2, -0.15) is 0 Å². The number of hydrogen-bond acceptors (Lipinski definition) is 5. The van der Waals surface area contributed by atoms with Gasteiger partial charge in [0.1, 0.15) is 18.3 Å². The van der Waals surface area contributed by atoms with Crippen molar-refractivity contribution in [3.8, 4) is 5.75 Å². The number of ether oxygens (including phenoxy) is 1. The van der Waals surface area contributed by atoms with Crippen LogP contribution in [0.1, 0.15) is 39.7 Å². The topological polar surface area (TPSA) is 96.0 Å². The van der Waals surface area contributed by atoms with E-state index in [1.54, 1.807) is 67.6 Å². The van der Waals surface area contributed by atoms with Crippen LogP contribution in [0.25, 0.3) is 0 Å². The summed E-state index contributed by atoms with van der Waals surface area (Å²) in [5, 5.41) is 3.68. The molecule has 0 aliphatic carbocycles. The number of carbonyl (C=O) groups excluding carboxylic acids is 2. The average molecular weight is 621 g/mol. The summed E-state index contributed by atoms with van der Waals surface area (Å²) in [6, 6.07) is 18.3. The molecule has 220 valence electrons. The molecule has 0 bridgehead atoms. The third kappa shape index (κ3) is 8.15. The summed E-state index contributed by atoms with van der Waals surface area (Å²) in [7, 11) is -2.80. The molecule has 0 radical (unpaired) electrons. The minimum Gasteiger partial charge on any atom is -0.495 e. The third-order valence-corrected chi connectivity index (χ3v) is 8.56. The SMILES string of the molecule is CCC(C(=O)NC(C)(C)C)N(Cc1ccc(Cl)cc1Cl)C(=O)CN(c1ccccc1OC)S(=O)(=O)c1ccccc1. The fourth-order valence-electron chi connectivity index (χ4n) is 4.27. The smallest absolute Gasteiger partial charge is 0.264 e. The first-order chi connectivity index (χ1) is 19.3. The Morgan fingerprint density at radius 3 is 2.20 bits per heavy atom. The molecule has 0 spiro atoms. The Balaban J connectivity index is 2.12. The predicted octanol–water partition coefficient (Wildman–Crippen LogP) is 5.92. The quantitative estimate of drug-likeness (QED) is 0.287. The van der Waals surface area contributed by atoms with Crippen molar-refractivity contribution in [2.24, 2.45) is 0 Å². The van der Waals surface area contributed by atoms with Crippen molar-refractivity contribution in [3.63, 3.8) is 0 Å². The molecule has 0 saturated carbocycles. The van der Waals surface area contributed by atoms with Crippen LogP contribution in [0.4, 0.5) is 5.69 Å². The zero-order valence-electron chi connectivity index (χ0n) is 23.7. The molecule has 0 aliphatic heterocycles.